The van der Waals surface area contributed by atoms with E-state index in [0.717, 1.165) is 31.5 Å². The molecule has 0 atom stereocenters. The molecular formula is C31H35Cl2F2N3O4. The number of nitrogens with one attached hydrogen (secondary N) is 1. The number of ether oxygens (including phenoxy) is 1. The van der Waals surface area contributed by atoms with Crippen LogP contribution < -0.4 is 10.1 Å². The molecule has 7 nitrogen and oxygen atoms in total. The molecule has 1 amide bonds. The molecule has 1 heterocycles. The summed E-state index contributed by atoms with van der Waals surface area (Å²) < 4.78 is 34.2. The van der Waals surface area contributed by atoms with Gasteiger partial charge in [-0.3, -0.25) is 4.79 Å². The van der Waals surface area contributed by atoms with Crippen LogP contribution in [-0.4, -0.2) is 59.7 Å². The first-order chi connectivity index (χ1) is 19.5. The molecule has 0 aliphatic heterocycles. The standard InChI is InChI=1S/C31H34ClF2N3O4.ClH/c1-19-16-24(33)25(34)18-22(19)21-9-11-26(29(38)36-31(30(39)40)12-5-4-6-13-31)35-28(21)20-8-10-23(32)27(17-20)41-15-7-14-37(2)3;/h8-11,16-18H,4-7,12-15H2,1-3H3,(H,36,38)(H,39,40);1H. The third kappa shape index (κ3) is 7.56. The largest absolute Gasteiger partial charge is 0.492 e. The van der Waals surface area contributed by atoms with Crippen molar-refractivity contribution in [2.24, 2.45) is 0 Å². The summed E-state index contributed by atoms with van der Waals surface area (Å²) in [6.07, 6.45) is 3.73. The number of aliphatic carboxylic acids is 1. The number of aromatic nitrogens is 1. The quantitative estimate of drug-likeness (QED) is 0.239. The lowest BCUT2D eigenvalue weighted by Crippen LogP contribution is -2.55. The Labute approximate surface area is 255 Å². The van der Waals surface area contributed by atoms with Gasteiger partial charge in [-0.05, 0) is 87.8 Å². The Bertz CT molecular complexity index is 1450. The van der Waals surface area contributed by atoms with Crippen LogP contribution in [0.2, 0.25) is 5.02 Å². The summed E-state index contributed by atoms with van der Waals surface area (Å²) in [5.41, 5.74) is 0.829. The normalized spacial score (nSPS) is 14.3. The predicted molar refractivity (Wildman–Crippen MR) is 162 cm³/mol. The lowest BCUT2D eigenvalue weighted by Gasteiger charge is -2.33. The molecule has 1 saturated carbocycles. The van der Waals surface area contributed by atoms with Crippen molar-refractivity contribution in [3.05, 3.63) is 70.4 Å². The highest BCUT2D eigenvalue weighted by Gasteiger charge is 2.41. The fraction of sp³-hybridized carbons (Fsp3) is 0.387. The summed E-state index contributed by atoms with van der Waals surface area (Å²) >= 11 is 6.41. The number of carbonyl (C=O) groups is 2. The first-order valence-corrected chi connectivity index (χ1v) is 14.0. The molecule has 42 heavy (non-hydrogen) atoms. The lowest BCUT2D eigenvalue weighted by atomic mass is 9.81. The Balaban J connectivity index is 0.00000484. The van der Waals surface area contributed by atoms with Gasteiger partial charge in [-0.2, -0.15) is 0 Å². The van der Waals surface area contributed by atoms with E-state index in [1.165, 1.54) is 6.07 Å². The molecule has 3 aromatic rings. The second-order valence-corrected chi connectivity index (χ2v) is 11.1. The maximum absolute atomic E-state index is 14.4. The minimum atomic E-state index is -1.36. The molecule has 0 spiro atoms. The van der Waals surface area contributed by atoms with E-state index in [2.05, 4.69) is 10.3 Å². The van der Waals surface area contributed by atoms with Crippen LogP contribution in [0.1, 0.15) is 54.6 Å². The third-order valence-electron chi connectivity index (χ3n) is 7.37. The number of pyridine rings is 1. The number of nitrogens with zero attached hydrogens (tertiary/aromatic N) is 2. The van der Waals surface area contributed by atoms with Crippen molar-refractivity contribution in [2.75, 3.05) is 27.2 Å². The molecule has 4 rings (SSSR count). The number of aryl methyl sites for hydroxylation is 1. The first-order valence-electron chi connectivity index (χ1n) is 13.6. The highest BCUT2D eigenvalue weighted by atomic mass is 35.5. The number of benzene rings is 2. The number of hydrogen-bond donors (Lipinski definition) is 2. The monoisotopic (exact) mass is 621 g/mol. The van der Waals surface area contributed by atoms with Crippen LogP contribution in [0.3, 0.4) is 0 Å². The summed E-state index contributed by atoms with van der Waals surface area (Å²) in [6.45, 7) is 2.90. The number of rotatable bonds is 10. The van der Waals surface area contributed by atoms with E-state index in [1.54, 1.807) is 31.2 Å². The molecule has 1 aromatic heterocycles. The summed E-state index contributed by atoms with van der Waals surface area (Å²) in [7, 11) is 3.94. The predicted octanol–water partition coefficient (Wildman–Crippen LogP) is 6.93. The minimum Gasteiger partial charge on any atom is -0.492 e. The van der Waals surface area contributed by atoms with Crippen LogP contribution in [-0.2, 0) is 4.79 Å². The molecule has 0 bridgehead atoms. The fourth-order valence-corrected chi connectivity index (χ4v) is 5.28. The average molecular weight is 623 g/mol. The summed E-state index contributed by atoms with van der Waals surface area (Å²) in [4.78, 5) is 32.2. The number of hydrogen-bond acceptors (Lipinski definition) is 5. The Morgan fingerprint density at radius 2 is 1.74 bits per heavy atom. The van der Waals surface area contributed by atoms with Crippen LogP contribution in [0.25, 0.3) is 22.4 Å². The average Bonchev–Trinajstić information content (AvgIpc) is 2.94. The first kappa shape index (κ1) is 33.2. The fourth-order valence-electron chi connectivity index (χ4n) is 5.11. The molecule has 226 valence electrons. The van der Waals surface area contributed by atoms with Crippen molar-refractivity contribution >= 4 is 35.9 Å². The molecular weight excluding hydrogens is 587 g/mol. The zero-order valence-corrected chi connectivity index (χ0v) is 25.4. The van der Waals surface area contributed by atoms with E-state index in [-0.39, 0.29) is 18.1 Å². The van der Waals surface area contributed by atoms with Gasteiger partial charge < -0.3 is 20.1 Å². The van der Waals surface area contributed by atoms with E-state index in [9.17, 15) is 23.5 Å². The van der Waals surface area contributed by atoms with Gasteiger partial charge in [0.25, 0.3) is 5.91 Å². The number of carboxylic acid groups (broad SMARTS) is 1. The van der Waals surface area contributed by atoms with Crippen LogP contribution in [0.4, 0.5) is 8.78 Å². The maximum Gasteiger partial charge on any atom is 0.329 e. The molecule has 11 heteroatoms. The van der Waals surface area contributed by atoms with Crippen LogP contribution >= 0.6 is 24.0 Å². The summed E-state index contributed by atoms with van der Waals surface area (Å²) in [5, 5.41) is 13.0. The van der Waals surface area contributed by atoms with Crippen LogP contribution in [0, 0.1) is 18.6 Å². The highest BCUT2D eigenvalue weighted by molar-refractivity contribution is 6.32. The Morgan fingerprint density at radius 1 is 1.05 bits per heavy atom. The van der Waals surface area contributed by atoms with E-state index >= 15 is 0 Å². The van der Waals surface area contributed by atoms with Gasteiger partial charge in [0, 0.05) is 17.7 Å². The van der Waals surface area contributed by atoms with Gasteiger partial charge in [-0.15, -0.1) is 12.4 Å². The van der Waals surface area contributed by atoms with E-state index in [0.29, 0.717) is 71.0 Å². The van der Waals surface area contributed by atoms with Gasteiger partial charge in [-0.1, -0.05) is 36.9 Å². The van der Waals surface area contributed by atoms with E-state index in [1.807, 2.05) is 19.0 Å². The number of carboxylic acids is 1. The SMILES string of the molecule is Cc1cc(F)c(F)cc1-c1ccc(C(=O)NC2(C(=O)O)CCCCC2)nc1-c1ccc(Cl)c(OCCCN(C)C)c1.Cl. The molecule has 1 aliphatic rings. The molecule has 2 aromatic carbocycles. The molecule has 2 N–H and O–H groups in total. The second-order valence-electron chi connectivity index (χ2n) is 10.7. The van der Waals surface area contributed by atoms with Crippen molar-refractivity contribution in [1.82, 2.24) is 15.2 Å². The van der Waals surface area contributed by atoms with Crippen LogP contribution in [0.15, 0.2) is 42.5 Å². The van der Waals surface area contributed by atoms with Crippen molar-refractivity contribution in [3.8, 4) is 28.1 Å². The van der Waals surface area contributed by atoms with Crippen molar-refractivity contribution < 1.29 is 28.2 Å². The molecule has 1 fully saturated rings. The number of halogens is 4. The Kier molecular flexibility index (Phi) is 11.3. The topological polar surface area (TPSA) is 91.8 Å². The molecule has 0 unspecified atom stereocenters. The number of carbonyl (C=O) groups excluding carboxylic acids is 1. The van der Waals surface area contributed by atoms with E-state index < -0.39 is 29.0 Å². The highest BCUT2D eigenvalue weighted by Crippen LogP contribution is 2.37. The van der Waals surface area contributed by atoms with Gasteiger partial charge in [0.1, 0.15) is 17.0 Å². The van der Waals surface area contributed by atoms with Crippen molar-refractivity contribution in [2.45, 2.75) is 51.0 Å². The summed E-state index contributed by atoms with van der Waals surface area (Å²) in [6, 6.07) is 10.3. The summed E-state index contributed by atoms with van der Waals surface area (Å²) in [5.74, 6) is -3.27. The van der Waals surface area contributed by atoms with Gasteiger partial charge in [0.2, 0.25) is 0 Å². The van der Waals surface area contributed by atoms with Crippen LogP contribution in [0.5, 0.6) is 5.75 Å². The van der Waals surface area contributed by atoms with Gasteiger partial charge in [0.05, 0.1) is 17.3 Å². The van der Waals surface area contributed by atoms with Crippen molar-refractivity contribution in [1.29, 1.82) is 0 Å². The number of amides is 1. The maximum atomic E-state index is 14.4. The van der Waals surface area contributed by atoms with Crippen molar-refractivity contribution in [3.63, 3.8) is 0 Å². The Hall–Kier alpha value is -3.27. The molecule has 0 saturated heterocycles. The molecule has 1 aliphatic carbocycles. The second kappa shape index (κ2) is 14.3. The zero-order valence-electron chi connectivity index (χ0n) is 23.8. The zero-order chi connectivity index (χ0) is 29.7. The molecule has 0 radical (unpaired) electrons. The van der Waals surface area contributed by atoms with Gasteiger partial charge >= 0.3 is 5.97 Å². The van der Waals surface area contributed by atoms with Gasteiger partial charge in [0.15, 0.2) is 11.6 Å². The van der Waals surface area contributed by atoms with Gasteiger partial charge in [-0.25, -0.2) is 18.6 Å². The van der Waals surface area contributed by atoms with E-state index in [4.69, 9.17) is 16.3 Å². The smallest absolute Gasteiger partial charge is 0.329 e. The third-order valence-corrected chi connectivity index (χ3v) is 7.68. The Morgan fingerprint density at radius 3 is 2.40 bits per heavy atom. The lowest BCUT2D eigenvalue weighted by molar-refractivity contribution is -0.145. The minimum absolute atomic E-state index is 0.